The van der Waals surface area contributed by atoms with Crippen molar-refractivity contribution in [2.45, 2.75) is 33.2 Å². The zero-order chi connectivity index (χ0) is 21.0. The molecular formula is C21H26ClN3O3S. The molecule has 1 fully saturated rings. The van der Waals surface area contributed by atoms with Crippen molar-refractivity contribution in [2.24, 2.45) is 0 Å². The van der Waals surface area contributed by atoms with Crippen molar-refractivity contribution in [3.8, 4) is 0 Å². The van der Waals surface area contributed by atoms with Gasteiger partial charge in [-0.2, -0.15) is 17.0 Å². The highest BCUT2D eigenvalue weighted by Crippen LogP contribution is 2.23. The van der Waals surface area contributed by atoms with Gasteiger partial charge in [-0.1, -0.05) is 48.9 Å². The Bertz CT molecular complexity index is 994. The Morgan fingerprint density at radius 2 is 1.86 bits per heavy atom. The zero-order valence-corrected chi connectivity index (χ0v) is 18.3. The van der Waals surface area contributed by atoms with Gasteiger partial charge < -0.3 is 5.32 Å². The Morgan fingerprint density at radius 3 is 2.59 bits per heavy atom. The molecule has 1 aliphatic rings. The van der Waals surface area contributed by atoms with Crippen LogP contribution in [0.15, 0.2) is 42.5 Å². The Kier molecular flexibility index (Phi) is 6.95. The predicted molar refractivity (Wildman–Crippen MR) is 116 cm³/mol. The smallest absolute Gasteiger partial charge is 0.282 e. The molecule has 0 aliphatic carbocycles. The van der Waals surface area contributed by atoms with E-state index in [-0.39, 0.29) is 19.0 Å². The van der Waals surface area contributed by atoms with Crippen LogP contribution in [0.1, 0.15) is 30.0 Å². The van der Waals surface area contributed by atoms with Crippen molar-refractivity contribution >= 4 is 33.4 Å². The lowest BCUT2D eigenvalue weighted by Gasteiger charge is -2.34. The first-order valence-electron chi connectivity index (χ1n) is 9.69. The monoisotopic (exact) mass is 435 g/mol. The number of amides is 1. The Hall–Kier alpha value is -1.93. The second-order valence-electron chi connectivity index (χ2n) is 7.17. The number of carbonyl (C=O) groups is 1. The molecule has 29 heavy (non-hydrogen) atoms. The lowest BCUT2D eigenvalue weighted by molar-refractivity contribution is -0.116. The molecule has 3 rings (SSSR count). The molecule has 1 N–H and O–H groups in total. The Balaban J connectivity index is 1.71. The topological polar surface area (TPSA) is 69.7 Å². The number of anilines is 1. The summed E-state index contributed by atoms with van der Waals surface area (Å²) in [4.78, 5) is 12.6. The van der Waals surface area contributed by atoms with Gasteiger partial charge in [0.2, 0.25) is 5.91 Å². The number of carbonyl (C=O) groups excluding carboxylic acids is 1. The zero-order valence-electron chi connectivity index (χ0n) is 16.7. The third kappa shape index (κ3) is 5.17. The Morgan fingerprint density at radius 1 is 1.14 bits per heavy atom. The third-order valence-electron chi connectivity index (χ3n) is 5.04. The molecule has 0 aromatic heterocycles. The molecule has 0 radical (unpaired) electrons. The highest BCUT2D eigenvalue weighted by Gasteiger charge is 2.34. The van der Waals surface area contributed by atoms with Crippen LogP contribution < -0.4 is 5.32 Å². The van der Waals surface area contributed by atoms with Crippen molar-refractivity contribution < 1.29 is 13.2 Å². The Labute approximate surface area is 177 Å². The minimum atomic E-state index is -3.73. The summed E-state index contributed by atoms with van der Waals surface area (Å²) in [6.45, 7) is 4.73. The first-order chi connectivity index (χ1) is 13.8. The molecule has 0 spiro atoms. The second-order valence-corrected chi connectivity index (χ2v) is 9.53. The fourth-order valence-corrected chi connectivity index (χ4v) is 5.37. The van der Waals surface area contributed by atoms with Crippen LogP contribution in [0.2, 0.25) is 5.02 Å². The SMILES string of the molecule is CCc1cccc(C)c1NC(=O)CN1CCCN(Cc2cccc(Cl)c2)S1(=O)=O. The minimum Gasteiger partial charge on any atom is -0.324 e. The molecule has 2 aromatic rings. The summed E-state index contributed by atoms with van der Waals surface area (Å²) in [6.07, 6.45) is 1.45. The fraction of sp³-hybridized carbons (Fsp3) is 0.381. The number of hydrogen-bond donors (Lipinski definition) is 1. The van der Waals surface area contributed by atoms with Crippen LogP contribution in [0.3, 0.4) is 0 Å². The summed E-state index contributed by atoms with van der Waals surface area (Å²) >= 11 is 6.01. The highest BCUT2D eigenvalue weighted by atomic mass is 35.5. The van der Waals surface area contributed by atoms with Crippen LogP contribution >= 0.6 is 11.6 Å². The van der Waals surface area contributed by atoms with Gasteiger partial charge in [0.25, 0.3) is 10.2 Å². The van der Waals surface area contributed by atoms with Crippen molar-refractivity contribution in [1.82, 2.24) is 8.61 Å². The maximum atomic E-state index is 13.0. The van der Waals surface area contributed by atoms with Crippen LogP contribution in [-0.2, 0) is 28.0 Å². The molecular weight excluding hydrogens is 410 g/mol. The average molecular weight is 436 g/mol. The quantitative estimate of drug-likeness (QED) is 0.753. The summed E-state index contributed by atoms with van der Waals surface area (Å²) in [5.41, 5.74) is 3.58. The van der Waals surface area contributed by atoms with E-state index in [1.807, 2.05) is 38.1 Å². The fourth-order valence-electron chi connectivity index (χ4n) is 3.52. The maximum Gasteiger partial charge on any atom is 0.282 e. The third-order valence-corrected chi connectivity index (χ3v) is 7.20. The number of halogens is 1. The molecule has 0 unspecified atom stereocenters. The number of benzene rings is 2. The van der Waals surface area contributed by atoms with E-state index in [1.165, 1.54) is 8.61 Å². The molecule has 1 aliphatic heterocycles. The van der Waals surface area contributed by atoms with Gasteiger partial charge in [-0.25, -0.2) is 0 Å². The van der Waals surface area contributed by atoms with E-state index in [1.54, 1.807) is 18.2 Å². The lowest BCUT2D eigenvalue weighted by Crippen LogP contribution is -2.51. The van der Waals surface area contributed by atoms with Gasteiger partial charge in [-0.15, -0.1) is 0 Å². The molecule has 2 aromatic carbocycles. The maximum absolute atomic E-state index is 13.0. The van der Waals surface area contributed by atoms with E-state index in [4.69, 9.17) is 11.6 Å². The summed E-state index contributed by atoms with van der Waals surface area (Å²) in [6, 6.07) is 13.0. The van der Waals surface area contributed by atoms with Crippen molar-refractivity contribution in [1.29, 1.82) is 0 Å². The van der Waals surface area contributed by atoms with E-state index in [0.29, 0.717) is 24.5 Å². The molecule has 0 atom stereocenters. The van der Waals surface area contributed by atoms with E-state index in [9.17, 15) is 13.2 Å². The van der Waals surface area contributed by atoms with Crippen molar-refractivity contribution in [3.63, 3.8) is 0 Å². The minimum absolute atomic E-state index is 0.203. The number of para-hydroxylation sites is 1. The van der Waals surface area contributed by atoms with Crippen LogP contribution in [0.5, 0.6) is 0 Å². The van der Waals surface area contributed by atoms with Crippen LogP contribution in [0, 0.1) is 6.92 Å². The second kappa shape index (κ2) is 9.26. The van der Waals surface area contributed by atoms with Gasteiger partial charge in [-0.05, 0) is 48.6 Å². The number of nitrogens with one attached hydrogen (secondary N) is 1. The van der Waals surface area contributed by atoms with Gasteiger partial charge in [-0.3, -0.25) is 4.79 Å². The first-order valence-corrected chi connectivity index (χ1v) is 11.5. The number of aryl methyl sites for hydroxylation is 2. The van der Waals surface area contributed by atoms with Gasteiger partial charge in [0.15, 0.2) is 0 Å². The molecule has 0 saturated carbocycles. The van der Waals surface area contributed by atoms with Gasteiger partial charge in [0.05, 0.1) is 6.54 Å². The molecule has 1 heterocycles. The summed E-state index contributed by atoms with van der Waals surface area (Å²) < 4.78 is 28.7. The normalized spacial score (nSPS) is 17.2. The highest BCUT2D eigenvalue weighted by molar-refractivity contribution is 7.86. The average Bonchev–Trinajstić information content (AvgIpc) is 2.67. The predicted octanol–water partition coefficient (Wildman–Crippen LogP) is 3.60. The molecule has 156 valence electrons. The molecule has 8 heteroatoms. The van der Waals surface area contributed by atoms with Crippen LogP contribution in [-0.4, -0.2) is 42.6 Å². The molecule has 1 amide bonds. The van der Waals surface area contributed by atoms with E-state index in [0.717, 1.165) is 28.8 Å². The number of rotatable bonds is 6. The van der Waals surface area contributed by atoms with E-state index in [2.05, 4.69) is 5.32 Å². The first kappa shape index (κ1) is 21.8. The van der Waals surface area contributed by atoms with E-state index < -0.39 is 10.2 Å². The van der Waals surface area contributed by atoms with Crippen LogP contribution in [0.25, 0.3) is 0 Å². The van der Waals surface area contributed by atoms with Gasteiger partial charge >= 0.3 is 0 Å². The summed E-state index contributed by atoms with van der Waals surface area (Å²) in [7, 11) is -3.73. The van der Waals surface area contributed by atoms with E-state index >= 15 is 0 Å². The number of hydrogen-bond acceptors (Lipinski definition) is 3. The molecule has 1 saturated heterocycles. The van der Waals surface area contributed by atoms with Crippen LogP contribution in [0.4, 0.5) is 5.69 Å². The van der Waals surface area contributed by atoms with Crippen molar-refractivity contribution in [2.75, 3.05) is 25.0 Å². The van der Waals surface area contributed by atoms with Gasteiger partial charge in [0.1, 0.15) is 0 Å². The molecule has 0 bridgehead atoms. The summed E-state index contributed by atoms with van der Waals surface area (Å²) in [5.74, 6) is -0.331. The standard InChI is InChI=1S/C21H26ClN3O3S/c1-3-18-9-4-7-16(2)21(18)23-20(26)15-25-12-6-11-24(29(25,27)28)14-17-8-5-10-19(22)13-17/h4-5,7-10,13H,3,6,11-12,14-15H2,1-2H3,(H,23,26). The van der Waals surface area contributed by atoms with Crippen molar-refractivity contribution in [3.05, 3.63) is 64.2 Å². The molecule has 6 nitrogen and oxygen atoms in total. The lowest BCUT2D eigenvalue weighted by atomic mass is 10.1. The summed E-state index contributed by atoms with van der Waals surface area (Å²) in [5, 5.41) is 3.47. The largest absolute Gasteiger partial charge is 0.324 e. The van der Waals surface area contributed by atoms with Gasteiger partial charge in [0, 0.05) is 30.3 Å². The number of nitrogens with zero attached hydrogens (tertiary/aromatic N) is 2.